The number of carbonyl (C=O) groups is 3. The number of urea groups is 1. The summed E-state index contributed by atoms with van der Waals surface area (Å²) in [7, 11) is 0. The Bertz CT molecular complexity index is 1150. The molecule has 0 spiro atoms. The number of nitrogens with zero attached hydrogens (tertiary/aromatic N) is 2. The molecule has 190 valence electrons. The number of ether oxygens (including phenoxy) is 1. The number of rotatable bonds is 5. The van der Waals surface area contributed by atoms with Crippen LogP contribution in [0.4, 0.5) is 9.18 Å². The number of amides is 4. The van der Waals surface area contributed by atoms with Crippen LogP contribution in [0.15, 0.2) is 42.5 Å². The average molecular weight is 494 g/mol. The fraction of sp³-hybridized carbons (Fsp3) is 0.464. The predicted molar refractivity (Wildman–Crippen MR) is 132 cm³/mol. The van der Waals surface area contributed by atoms with Crippen molar-refractivity contribution >= 4 is 17.8 Å². The van der Waals surface area contributed by atoms with Crippen LogP contribution < -0.4 is 5.32 Å². The number of piperidine rings is 1. The number of benzene rings is 2. The molecule has 3 saturated heterocycles. The molecule has 0 aliphatic carbocycles. The van der Waals surface area contributed by atoms with E-state index in [2.05, 4.69) is 5.32 Å². The lowest BCUT2D eigenvalue weighted by atomic mass is 9.73. The van der Waals surface area contributed by atoms with Crippen molar-refractivity contribution in [3.63, 3.8) is 0 Å². The zero-order chi connectivity index (χ0) is 25.4. The summed E-state index contributed by atoms with van der Waals surface area (Å²) in [6.07, 6.45) is 2.06. The number of hydrogen-bond donors (Lipinski definition) is 1. The van der Waals surface area contributed by atoms with Gasteiger partial charge in [-0.15, -0.1) is 0 Å². The standard InChI is InChI=1S/C28H32FN3O4/c1-18-13-19(2)15-21(14-18)25(33)31-10-7-22(8-11-31)28(16-20-3-5-23(29)6-4-20)26(34)32(27(35)30-28)24-9-12-36-17-24/h3-6,13-15,22,24H,7-12,16-17H2,1-2H3,(H,30,35). The number of aryl methyl sites for hydroxylation is 2. The maximum Gasteiger partial charge on any atom is 0.325 e. The number of likely N-dealkylation sites (tertiary alicyclic amines) is 1. The van der Waals surface area contributed by atoms with Crippen molar-refractivity contribution in [1.29, 1.82) is 0 Å². The highest BCUT2D eigenvalue weighted by molar-refractivity contribution is 6.08. The monoisotopic (exact) mass is 493 g/mol. The van der Waals surface area contributed by atoms with Gasteiger partial charge < -0.3 is 15.0 Å². The van der Waals surface area contributed by atoms with Gasteiger partial charge in [-0.25, -0.2) is 9.18 Å². The third-order valence-corrected chi connectivity index (χ3v) is 7.76. The van der Waals surface area contributed by atoms with Crippen LogP contribution in [0, 0.1) is 25.6 Å². The molecule has 8 heteroatoms. The summed E-state index contributed by atoms with van der Waals surface area (Å²) in [6, 6.07) is 11.2. The highest BCUT2D eigenvalue weighted by Crippen LogP contribution is 2.38. The summed E-state index contributed by atoms with van der Waals surface area (Å²) < 4.78 is 19.0. The first-order valence-corrected chi connectivity index (χ1v) is 12.6. The molecule has 0 radical (unpaired) electrons. The van der Waals surface area contributed by atoms with Gasteiger partial charge in [0.2, 0.25) is 0 Å². The average Bonchev–Trinajstić information content (AvgIpc) is 3.46. The maximum atomic E-state index is 13.9. The van der Waals surface area contributed by atoms with E-state index >= 15 is 0 Å². The van der Waals surface area contributed by atoms with E-state index in [1.54, 1.807) is 12.1 Å². The van der Waals surface area contributed by atoms with E-state index < -0.39 is 11.6 Å². The lowest BCUT2D eigenvalue weighted by molar-refractivity contribution is -0.135. The van der Waals surface area contributed by atoms with Crippen LogP contribution in [-0.2, 0) is 16.0 Å². The zero-order valence-corrected chi connectivity index (χ0v) is 20.8. The van der Waals surface area contributed by atoms with Crippen LogP contribution in [0.1, 0.15) is 46.3 Å². The van der Waals surface area contributed by atoms with Crippen LogP contribution in [0.25, 0.3) is 0 Å². The molecule has 7 nitrogen and oxygen atoms in total. The fourth-order valence-corrected chi connectivity index (χ4v) is 5.99. The number of halogens is 1. The molecule has 2 aromatic rings. The van der Waals surface area contributed by atoms with Crippen LogP contribution in [0.2, 0.25) is 0 Å². The second kappa shape index (κ2) is 9.65. The highest BCUT2D eigenvalue weighted by atomic mass is 19.1. The van der Waals surface area contributed by atoms with Crippen molar-refractivity contribution in [3.05, 3.63) is 70.5 Å². The molecule has 2 unspecified atom stereocenters. The first-order valence-electron chi connectivity index (χ1n) is 12.6. The van der Waals surface area contributed by atoms with Crippen LogP contribution in [0.3, 0.4) is 0 Å². The molecule has 2 aromatic carbocycles. The number of hydrogen-bond acceptors (Lipinski definition) is 4. The predicted octanol–water partition coefficient (Wildman–Crippen LogP) is 3.62. The summed E-state index contributed by atoms with van der Waals surface area (Å²) in [5.41, 5.74) is 2.41. The van der Waals surface area contributed by atoms with Gasteiger partial charge in [0, 0.05) is 31.7 Å². The Labute approximate surface area is 210 Å². The molecule has 5 rings (SSSR count). The van der Waals surface area contributed by atoms with Crippen molar-refractivity contribution in [1.82, 2.24) is 15.1 Å². The van der Waals surface area contributed by atoms with E-state index in [1.807, 2.05) is 36.9 Å². The zero-order valence-electron chi connectivity index (χ0n) is 20.8. The highest BCUT2D eigenvalue weighted by Gasteiger charge is 2.57. The van der Waals surface area contributed by atoms with Gasteiger partial charge in [-0.3, -0.25) is 14.5 Å². The van der Waals surface area contributed by atoms with E-state index in [0.29, 0.717) is 51.1 Å². The van der Waals surface area contributed by atoms with Gasteiger partial charge in [-0.1, -0.05) is 29.3 Å². The Balaban J connectivity index is 1.39. The van der Waals surface area contributed by atoms with Gasteiger partial charge in [0.05, 0.1) is 12.6 Å². The van der Waals surface area contributed by atoms with E-state index in [1.165, 1.54) is 17.0 Å². The number of nitrogens with one attached hydrogen (secondary N) is 1. The van der Waals surface area contributed by atoms with Gasteiger partial charge in [-0.2, -0.15) is 0 Å². The second-order valence-electron chi connectivity index (χ2n) is 10.3. The van der Waals surface area contributed by atoms with Gasteiger partial charge in [-0.05, 0) is 68.9 Å². The molecule has 4 amide bonds. The van der Waals surface area contributed by atoms with Crippen molar-refractivity contribution in [2.45, 2.75) is 51.1 Å². The maximum absolute atomic E-state index is 13.9. The first kappa shape index (κ1) is 24.4. The lowest BCUT2D eigenvalue weighted by Gasteiger charge is -2.41. The fourth-order valence-electron chi connectivity index (χ4n) is 5.99. The molecule has 0 bridgehead atoms. The largest absolute Gasteiger partial charge is 0.379 e. The summed E-state index contributed by atoms with van der Waals surface area (Å²) >= 11 is 0. The van der Waals surface area contributed by atoms with E-state index in [0.717, 1.165) is 16.7 Å². The topological polar surface area (TPSA) is 79.0 Å². The molecule has 1 N–H and O–H groups in total. The van der Waals surface area contributed by atoms with Crippen molar-refractivity contribution in [2.24, 2.45) is 5.92 Å². The normalized spacial score (nSPS) is 24.9. The smallest absolute Gasteiger partial charge is 0.325 e. The van der Waals surface area contributed by atoms with Crippen molar-refractivity contribution < 1.29 is 23.5 Å². The minimum absolute atomic E-state index is 0.0145. The molecule has 3 heterocycles. The van der Waals surface area contributed by atoms with Crippen molar-refractivity contribution in [2.75, 3.05) is 26.3 Å². The van der Waals surface area contributed by atoms with Crippen LogP contribution in [-0.4, -0.2) is 65.5 Å². The van der Waals surface area contributed by atoms with Crippen molar-refractivity contribution in [3.8, 4) is 0 Å². The van der Waals surface area contributed by atoms with E-state index in [4.69, 9.17) is 4.74 Å². The van der Waals surface area contributed by atoms with E-state index in [9.17, 15) is 18.8 Å². The third kappa shape index (κ3) is 4.50. The summed E-state index contributed by atoms with van der Waals surface area (Å²) in [6.45, 7) is 5.81. The Hall–Kier alpha value is -3.26. The summed E-state index contributed by atoms with van der Waals surface area (Å²) in [4.78, 5) is 43.4. The molecule has 2 atom stereocenters. The van der Waals surface area contributed by atoms with Gasteiger partial charge in [0.25, 0.3) is 11.8 Å². The molecular formula is C28H32FN3O4. The summed E-state index contributed by atoms with van der Waals surface area (Å²) in [5.74, 6) is -0.766. The minimum atomic E-state index is -1.13. The number of carbonyl (C=O) groups excluding carboxylic acids is 3. The van der Waals surface area contributed by atoms with Gasteiger partial charge in [0.1, 0.15) is 11.4 Å². The molecular weight excluding hydrogens is 461 g/mol. The minimum Gasteiger partial charge on any atom is -0.379 e. The molecule has 0 saturated carbocycles. The molecule has 36 heavy (non-hydrogen) atoms. The third-order valence-electron chi connectivity index (χ3n) is 7.76. The summed E-state index contributed by atoms with van der Waals surface area (Å²) in [5, 5.41) is 3.05. The molecule has 0 aromatic heterocycles. The molecule has 3 fully saturated rings. The quantitative estimate of drug-likeness (QED) is 0.646. The van der Waals surface area contributed by atoms with Crippen LogP contribution >= 0.6 is 0 Å². The van der Waals surface area contributed by atoms with Gasteiger partial charge >= 0.3 is 6.03 Å². The Morgan fingerprint density at radius 3 is 2.33 bits per heavy atom. The number of imide groups is 1. The second-order valence-corrected chi connectivity index (χ2v) is 10.3. The Kier molecular flexibility index (Phi) is 6.55. The van der Waals surface area contributed by atoms with Crippen LogP contribution in [0.5, 0.6) is 0 Å². The van der Waals surface area contributed by atoms with Gasteiger partial charge in [0.15, 0.2) is 0 Å². The first-order chi connectivity index (χ1) is 17.3. The van der Waals surface area contributed by atoms with E-state index in [-0.39, 0.29) is 36.0 Å². The lowest BCUT2D eigenvalue weighted by Crippen LogP contribution is -2.58. The molecule has 3 aliphatic heterocycles. The Morgan fingerprint density at radius 2 is 1.72 bits per heavy atom. The molecule has 3 aliphatic rings. The SMILES string of the molecule is Cc1cc(C)cc(C(=O)N2CCC(C3(Cc4ccc(F)cc4)NC(=O)N(C4CCOC4)C3=O)CC2)c1. The Morgan fingerprint density at radius 1 is 1.06 bits per heavy atom.